The molecule has 7 heteroatoms. The number of imide groups is 2. The third kappa shape index (κ3) is 3.39. The highest BCUT2D eigenvalue weighted by Gasteiger charge is 2.37. The summed E-state index contributed by atoms with van der Waals surface area (Å²) in [5.41, 5.74) is 2.09. The van der Waals surface area contributed by atoms with Crippen molar-refractivity contribution in [2.24, 2.45) is 0 Å². The molecule has 1 saturated heterocycles. The molecule has 7 nitrogen and oxygen atoms in total. The summed E-state index contributed by atoms with van der Waals surface area (Å²) in [4.78, 5) is 38.3. The zero-order valence-electron chi connectivity index (χ0n) is 15.1. The Kier molecular flexibility index (Phi) is 4.68. The first kappa shape index (κ1) is 18.2. The van der Waals surface area contributed by atoms with Gasteiger partial charge in [0.1, 0.15) is 17.1 Å². The first-order chi connectivity index (χ1) is 12.8. The van der Waals surface area contributed by atoms with Crippen LogP contribution in [0.5, 0.6) is 11.5 Å². The standard InChI is InChI=1S/C20H18N2O5/c1-11-4-7-16(12(2)8-11)22-19(25)15(18(24)21-20(22)26)9-13-5-6-14(27-3)10-17(13)23/h4-10,23H,1-3H3,(H,21,24,26)/b15-9+. The van der Waals surface area contributed by atoms with Crippen LogP contribution < -0.4 is 15.0 Å². The predicted molar refractivity (Wildman–Crippen MR) is 99.6 cm³/mol. The minimum atomic E-state index is -0.818. The van der Waals surface area contributed by atoms with Crippen LogP contribution in [-0.2, 0) is 9.59 Å². The van der Waals surface area contributed by atoms with Crippen molar-refractivity contribution in [2.75, 3.05) is 12.0 Å². The molecule has 138 valence electrons. The summed E-state index contributed by atoms with van der Waals surface area (Å²) in [5, 5.41) is 12.3. The van der Waals surface area contributed by atoms with Crippen LogP contribution in [-0.4, -0.2) is 30.1 Å². The van der Waals surface area contributed by atoms with Crippen molar-refractivity contribution < 1.29 is 24.2 Å². The van der Waals surface area contributed by atoms with E-state index in [9.17, 15) is 19.5 Å². The van der Waals surface area contributed by atoms with Gasteiger partial charge < -0.3 is 9.84 Å². The number of rotatable bonds is 3. The Hall–Kier alpha value is -3.61. The van der Waals surface area contributed by atoms with E-state index in [-0.39, 0.29) is 16.9 Å². The summed E-state index contributed by atoms with van der Waals surface area (Å²) in [6, 6.07) is 8.92. The number of urea groups is 1. The fourth-order valence-corrected chi connectivity index (χ4v) is 2.86. The fraction of sp³-hybridized carbons (Fsp3) is 0.150. The number of phenolic OH excluding ortho intramolecular Hbond substituents is 1. The molecule has 1 heterocycles. The molecule has 27 heavy (non-hydrogen) atoms. The van der Waals surface area contributed by atoms with Gasteiger partial charge in [-0.3, -0.25) is 14.9 Å². The van der Waals surface area contributed by atoms with Gasteiger partial charge in [-0.05, 0) is 43.7 Å². The maximum Gasteiger partial charge on any atom is 0.335 e. The minimum absolute atomic E-state index is 0.155. The summed E-state index contributed by atoms with van der Waals surface area (Å²) < 4.78 is 5.01. The van der Waals surface area contributed by atoms with Crippen molar-refractivity contribution in [1.82, 2.24) is 5.32 Å². The van der Waals surface area contributed by atoms with Gasteiger partial charge in [0.15, 0.2) is 0 Å². The SMILES string of the molecule is COc1ccc(/C=C2\C(=O)NC(=O)N(c3ccc(C)cc3C)C2=O)c(O)c1. The fourth-order valence-electron chi connectivity index (χ4n) is 2.86. The highest BCUT2D eigenvalue weighted by Crippen LogP contribution is 2.29. The van der Waals surface area contributed by atoms with E-state index < -0.39 is 17.8 Å². The van der Waals surface area contributed by atoms with Gasteiger partial charge in [-0.2, -0.15) is 0 Å². The topological polar surface area (TPSA) is 95.9 Å². The van der Waals surface area contributed by atoms with Crippen LogP contribution in [0.3, 0.4) is 0 Å². The molecular formula is C20H18N2O5. The molecule has 1 aliphatic rings. The Morgan fingerprint density at radius 3 is 2.44 bits per heavy atom. The number of aryl methyl sites for hydroxylation is 2. The van der Waals surface area contributed by atoms with Gasteiger partial charge in [0.05, 0.1) is 12.8 Å². The maximum atomic E-state index is 12.9. The quantitative estimate of drug-likeness (QED) is 0.643. The number of anilines is 1. The van der Waals surface area contributed by atoms with Crippen molar-refractivity contribution in [1.29, 1.82) is 0 Å². The molecule has 2 aromatic rings. The summed E-state index contributed by atoms with van der Waals surface area (Å²) in [7, 11) is 1.46. The molecule has 0 spiro atoms. The average Bonchev–Trinajstić information content (AvgIpc) is 2.61. The zero-order chi connectivity index (χ0) is 19.7. The number of aromatic hydroxyl groups is 1. The summed E-state index contributed by atoms with van der Waals surface area (Å²) in [5.74, 6) is -1.30. The molecule has 0 radical (unpaired) electrons. The van der Waals surface area contributed by atoms with Crippen LogP contribution in [0.1, 0.15) is 16.7 Å². The Morgan fingerprint density at radius 1 is 1.07 bits per heavy atom. The second kappa shape index (κ2) is 6.95. The Bertz CT molecular complexity index is 994. The number of methoxy groups -OCH3 is 1. The van der Waals surface area contributed by atoms with E-state index in [1.807, 2.05) is 13.0 Å². The van der Waals surface area contributed by atoms with Gasteiger partial charge in [0.25, 0.3) is 11.8 Å². The first-order valence-electron chi connectivity index (χ1n) is 8.17. The van der Waals surface area contributed by atoms with Crippen LogP contribution >= 0.6 is 0 Å². The highest BCUT2D eigenvalue weighted by molar-refractivity contribution is 6.39. The molecule has 4 amide bonds. The Balaban J connectivity index is 2.05. The number of nitrogens with zero attached hydrogens (tertiary/aromatic N) is 1. The molecular weight excluding hydrogens is 348 g/mol. The molecule has 1 fully saturated rings. The molecule has 0 bridgehead atoms. The molecule has 0 aliphatic carbocycles. The van der Waals surface area contributed by atoms with Gasteiger partial charge >= 0.3 is 6.03 Å². The van der Waals surface area contributed by atoms with E-state index in [4.69, 9.17) is 4.74 Å². The number of benzene rings is 2. The Labute approximate surface area is 155 Å². The van der Waals surface area contributed by atoms with Crippen molar-refractivity contribution in [3.8, 4) is 11.5 Å². The van der Waals surface area contributed by atoms with Gasteiger partial charge in [0.2, 0.25) is 0 Å². The van der Waals surface area contributed by atoms with E-state index in [2.05, 4.69) is 5.32 Å². The highest BCUT2D eigenvalue weighted by atomic mass is 16.5. The zero-order valence-corrected chi connectivity index (χ0v) is 15.1. The second-order valence-corrected chi connectivity index (χ2v) is 6.17. The normalized spacial score (nSPS) is 15.9. The van der Waals surface area contributed by atoms with E-state index in [0.717, 1.165) is 16.0 Å². The maximum absolute atomic E-state index is 12.9. The van der Waals surface area contributed by atoms with Gasteiger partial charge in [-0.15, -0.1) is 0 Å². The van der Waals surface area contributed by atoms with Gasteiger partial charge in [-0.1, -0.05) is 17.7 Å². The van der Waals surface area contributed by atoms with E-state index in [1.54, 1.807) is 25.1 Å². The van der Waals surface area contributed by atoms with Crippen molar-refractivity contribution >= 4 is 29.6 Å². The number of ether oxygens (including phenoxy) is 1. The van der Waals surface area contributed by atoms with Crippen molar-refractivity contribution in [3.63, 3.8) is 0 Å². The van der Waals surface area contributed by atoms with Gasteiger partial charge in [-0.25, -0.2) is 9.69 Å². The molecule has 1 aliphatic heterocycles. The number of amides is 4. The first-order valence-corrected chi connectivity index (χ1v) is 8.17. The van der Waals surface area contributed by atoms with Crippen LogP contribution in [0.15, 0.2) is 42.0 Å². The molecule has 0 atom stereocenters. The number of carbonyl (C=O) groups is 3. The smallest absolute Gasteiger partial charge is 0.335 e. The lowest BCUT2D eigenvalue weighted by atomic mass is 10.0. The third-order valence-corrected chi connectivity index (χ3v) is 4.23. The summed E-state index contributed by atoms with van der Waals surface area (Å²) in [6.07, 6.45) is 1.25. The van der Waals surface area contributed by atoms with E-state index >= 15 is 0 Å². The minimum Gasteiger partial charge on any atom is -0.507 e. The molecule has 2 N–H and O–H groups in total. The van der Waals surface area contributed by atoms with Crippen LogP contribution in [0, 0.1) is 13.8 Å². The number of nitrogens with one attached hydrogen (secondary N) is 1. The summed E-state index contributed by atoms with van der Waals surface area (Å²) >= 11 is 0. The second-order valence-electron chi connectivity index (χ2n) is 6.17. The van der Waals surface area contributed by atoms with Crippen LogP contribution in [0.25, 0.3) is 6.08 Å². The van der Waals surface area contributed by atoms with Crippen molar-refractivity contribution in [3.05, 3.63) is 58.7 Å². The molecule has 3 rings (SSSR count). The summed E-state index contributed by atoms with van der Waals surface area (Å²) in [6.45, 7) is 3.67. The van der Waals surface area contributed by atoms with Crippen molar-refractivity contribution in [2.45, 2.75) is 13.8 Å². The molecule has 0 saturated carbocycles. The molecule has 0 aromatic heterocycles. The van der Waals surface area contributed by atoms with Crippen LogP contribution in [0.2, 0.25) is 0 Å². The predicted octanol–water partition coefficient (Wildman–Crippen LogP) is 2.68. The third-order valence-electron chi connectivity index (χ3n) is 4.23. The largest absolute Gasteiger partial charge is 0.507 e. The lowest BCUT2D eigenvalue weighted by Crippen LogP contribution is -2.54. The molecule has 2 aromatic carbocycles. The number of phenols is 1. The number of barbiturate groups is 1. The average molecular weight is 366 g/mol. The Morgan fingerprint density at radius 2 is 1.81 bits per heavy atom. The van der Waals surface area contributed by atoms with Crippen LogP contribution in [0.4, 0.5) is 10.5 Å². The number of hydrogen-bond acceptors (Lipinski definition) is 5. The lowest BCUT2D eigenvalue weighted by Gasteiger charge is -2.27. The van der Waals surface area contributed by atoms with Gasteiger partial charge in [0, 0.05) is 11.6 Å². The van der Waals surface area contributed by atoms with E-state index in [0.29, 0.717) is 11.4 Å². The number of hydrogen-bond donors (Lipinski definition) is 2. The molecule has 0 unspecified atom stereocenters. The monoisotopic (exact) mass is 366 g/mol. The van der Waals surface area contributed by atoms with E-state index in [1.165, 1.54) is 25.3 Å². The lowest BCUT2D eigenvalue weighted by molar-refractivity contribution is -0.122. The number of carbonyl (C=O) groups excluding carboxylic acids is 3.